The summed E-state index contributed by atoms with van der Waals surface area (Å²) in [6, 6.07) is 1.22. The lowest BCUT2D eigenvalue weighted by Gasteiger charge is -2.36. The summed E-state index contributed by atoms with van der Waals surface area (Å²) >= 11 is 0. The van der Waals surface area contributed by atoms with Crippen LogP contribution in [0.15, 0.2) is 17.1 Å². The van der Waals surface area contributed by atoms with E-state index in [-0.39, 0.29) is 17.6 Å². The maximum atomic E-state index is 13.7. The Bertz CT molecular complexity index is 1390. The number of piperidine rings is 1. The molecule has 196 valence electrons. The Morgan fingerprint density at radius 2 is 2.00 bits per heavy atom. The van der Waals surface area contributed by atoms with Gasteiger partial charge in [-0.3, -0.25) is 9.36 Å². The highest BCUT2D eigenvalue weighted by atomic mass is 32.2. The molecule has 36 heavy (non-hydrogen) atoms. The summed E-state index contributed by atoms with van der Waals surface area (Å²) in [5, 5.41) is 15.1. The van der Waals surface area contributed by atoms with Gasteiger partial charge in [0.2, 0.25) is 16.0 Å². The first-order valence-corrected chi connectivity index (χ1v) is 17.9. The van der Waals surface area contributed by atoms with Crippen molar-refractivity contribution >= 4 is 35.1 Å². The van der Waals surface area contributed by atoms with E-state index in [1.165, 1.54) is 10.6 Å². The van der Waals surface area contributed by atoms with E-state index in [9.17, 15) is 18.3 Å². The van der Waals surface area contributed by atoms with E-state index in [1.807, 2.05) is 6.92 Å². The van der Waals surface area contributed by atoms with Gasteiger partial charge in [0.15, 0.2) is 0 Å². The maximum absolute atomic E-state index is 13.7. The van der Waals surface area contributed by atoms with E-state index in [0.717, 1.165) is 6.42 Å². The molecule has 9 nitrogen and oxygen atoms in total. The van der Waals surface area contributed by atoms with Crippen LogP contribution in [0.1, 0.15) is 57.6 Å². The lowest BCUT2D eigenvalue weighted by atomic mass is 9.99. The Morgan fingerprint density at radius 1 is 1.28 bits per heavy atom. The first-order chi connectivity index (χ1) is 16.7. The van der Waals surface area contributed by atoms with Crippen LogP contribution in [0.2, 0.25) is 19.6 Å². The van der Waals surface area contributed by atoms with E-state index in [4.69, 9.17) is 4.98 Å². The van der Waals surface area contributed by atoms with Gasteiger partial charge in [0, 0.05) is 30.2 Å². The normalized spacial score (nSPS) is 27.6. The zero-order valence-corrected chi connectivity index (χ0v) is 23.8. The third kappa shape index (κ3) is 5.67. The fraction of sp³-hybridized carbons (Fsp3) is 0.640. The van der Waals surface area contributed by atoms with Crippen molar-refractivity contribution in [2.24, 2.45) is 0 Å². The predicted octanol–water partition coefficient (Wildman–Crippen LogP) is 2.72. The van der Waals surface area contributed by atoms with Crippen LogP contribution >= 0.6 is 0 Å². The summed E-state index contributed by atoms with van der Waals surface area (Å²) < 4.78 is 27.2. The van der Waals surface area contributed by atoms with Crippen LogP contribution in [0, 0.1) is 11.5 Å². The largest absolute Gasteiger partial charge is 0.388 e. The van der Waals surface area contributed by atoms with Crippen molar-refractivity contribution in [2.45, 2.75) is 89.3 Å². The number of anilines is 1. The highest BCUT2D eigenvalue weighted by molar-refractivity contribution is 7.88. The highest BCUT2D eigenvalue weighted by Crippen LogP contribution is 2.39. The summed E-state index contributed by atoms with van der Waals surface area (Å²) in [4.78, 5) is 22.9. The number of pyridine rings is 1. The number of fused-ring (bicyclic) bond motifs is 1. The first-order valence-electron chi connectivity index (χ1n) is 12.6. The van der Waals surface area contributed by atoms with Gasteiger partial charge in [0.25, 0.3) is 5.56 Å². The Labute approximate surface area is 214 Å². The van der Waals surface area contributed by atoms with Gasteiger partial charge in [0.05, 0.1) is 23.5 Å². The van der Waals surface area contributed by atoms with E-state index in [2.05, 4.69) is 41.4 Å². The molecule has 3 heterocycles. The lowest BCUT2D eigenvalue weighted by Crippen LogP contribution is -2.47. The Kier molecular flexibility index (Phi) is 7.11. The molecule has 1 saturated carbocycles. The standard InChI is InChI=1S/C25H37N5O4SSi/c1-17-14-20(9-12-29(17)35(3,33)34)27-24-26-16-19-15-18(10-13-36(4,5)6)23(31)30(22(19)28-24)21-8-7-11-25(21,2)32/h15-17,20-21,32H,7-9,11-12,14H2,1-6H3,(H,26,27,28)/t17?,20?,21-,25-/m1/s1. The van der Waals surface area contributed by atoms with Gasteiger partial charge in [-0.05, 0) is 52.0 Å². The van der Waals surface area contributed by atoms with Crippen LogP contribution in [0.25, 0.3) is 11.0 Å². The van der Waals surface area contributed by atoms with Gasteiger partial charge in [-0.25, -0.2) is 13.4 Å². The van der Waals surface area contributed by atoms with Gasteiger partial charge in [0.1, 0.15) is 13.7 Å². The Hall–Kier alpha value is -2.26. The van der Waals surface area contributed by atoms with Gasteiger partial charge >= 0.3 is 0 Å². The van der Waals surface area contributed by atoms with E-state index < -0.39 is 29.7 Å². The fourth-order valence-corrected chi connectivity index (χ4v) is 7.00. The SMILES string of the molecule is CC1CC(Nc2ncc3cc(C#C[Si](C)(C)C)c(=O)n([C@@H]4CCC[C@@]4(C)O)c3n2)CCN1S(C)(=O)=O. The van der Waals surface area contributed by atoms with Gasteiger partial charge in [-0.2, -0.15) is 9.29 Å². The van der Waals surface area contributed by atoms with Crippen LogP contribution in [-0.2, 0) is 10.0 Å². The van der Waals surface area contributed by atoms with Crippen molar-refractivity contribution < 1.29 is 13.5 Å². The van der Waals surface area contributed by atoms with Crippen molar-refractivity contribution in [3.63, 3.8) is 0 Å². The molecule has 11 heteroatoms. The molecule has 4 atom stereocenters. The van der Waals surface area contributed by atoms with Crippen LogP contribution in [-0.4, -0.2) is 70.9 Å². The second-order valence-corrected chi connectivity index (χ2v) is 18.2. The Balaban J connectivity index is 1.74. The summed E-state index contributed by atoms with van der Waals surface area (Å²) in [5.41, 5.74) is 2.90. The molecule has 0 bridgehead atoms. The van der Waals surface area contributed by atoms with E-state index in [0.29, 0.717) is 54.8 Å². The molecule has 2 unspecified atom stereocenters. The molecule has 2 aliphatic rings. The van der Waals surface area contributed by atoms with Crippen LogP contribution in [0.3, 0.4) is 0 Å². The number of nitrogens with zero attached hydrogens (tertiary/aromatic N) is 4. The second kappa shape index (κ2) is 9.56. The second-order valence-electron chi connectivity index (χ2n) is 11.6. The van der Waals surface area contributed by atoms with Crippen molar-refractivity contribution in [1.29, 1.82) is 0 Å². The molecule has 1 aliphatic carbocycles. The molecule has 1 saturated heterocycles. The minimum absolute atomic E-state index is 0.00657. The zero-order valence-electron chi connectivity index (χ0n) is 22.0. The van der Waals surface area contributed by atoms with Gasteiger partial charge < -0.3 is 10.4 Å². The topological polar surface area (TPSA) is 117 Å². The molecule has 2 aromatic rings. The van der Waals surface area contributed by atoms with Crippen LogP contribution in [0.5, 0.6) is 0 Å². The summed E-state index contributed by atoms with van der Waals surface area (Å²) in [7, 11) is -4.95. The third-order valence-electron chi connectivity index (χ3n) is 7.11. The lowest BCUT2D eigenvalue weighted by molar-refractivity contribution is 0.0266. The molecule has 0 radical (unpaired) electrons. The quantitative estimate of drug-likeness (QED) is 0.460. The van der Waals surface area contributed by atoms with Crippen LogP contribution in [0.4, 0.5) is 5.95 Å². The van der Waals surface area contributed by atoms with Gasteiger partial charge in [-0.1, -0.05) is 25.6 Å². The average Bonchev–Trinajstić information content (AvgIpc) is 3.09. The molecule has 2 aromatic heterocycles. The minimum atomic E-state index is -3.25. The monoisotopic (exact) mass is 531 g/mol. The van der Waals surface area contributed by atoms with E-state index in [1.54, 1.807) is 23.8 Å². The molecular weight excluding hydrogens is 494 g/mol. The number of aromatic nitrogens is 3. The summed E-state index contributed by atoms with van der Waals surface area (Å²) in [5.74, 6) is 3.50. The highest BCUT2D eigenvalue weighted by Gasteiger charge is 2.40. The third-order valence-corrected chi connectivity index (χ3v) is 9.38. The molecule has 0 spiro atoms. The van der Waals surface area contributed by atoms with Crippen LogP contribution < -0.4 is 10.9 Å². The molecule has 2 N–H and O–H groups in total. The average molecular weight is 532 g/mol. The zero-order chi connectivity index (χ0) is 26.5. The van der Waals surface area contributed by atoms with Crippen molar-refractivity contribution in [3.8, 4) is 11.5 Å². The summed E-state index contributed by atoms with van der Waals surface area (Å²) in [6.45, 7) is 10.5. The molecule has 0 amide bonds. The number of hydrogen-bond acceptors (Lipinski definition) is 7. The number of sulfonamides is 1. The van der Waals surface area contributed by atoms with Gasteiger partial charge in [-0.15, -0.1) is 5.54 Å². The fourth-order valence-electron chi connectivity index (χ4n) is 5.32. The van der Waals surface area contributed by atoms with Crippen molar-refractivity contribution in [2.75, 3.05) is 18.1 Å². The minimum Gasteiger partial charge on any atom is -0.388 e. The number of nitrogens with one attached hydrogen (secondary N) is 1. The van der Waals surface area contributed by atoms with E-state index >= 15 is 0 Å². The number of hydrogen-bond donors (Lipinski definition) is 2. The first kappa shape index (κ1) is 26.8. The smallest absolute Gasteiger partial charge is 0.268 e. The molecule has 2 fully saturated rings. The van der Waals surface area contributed by atoms with Crippen molar-refractivity contribution in [3.05, 3.63) is 28.2 Å². The maximum Gasteiger partial charge on any atom is 0.268 e. The molecule has 0 aromatic carbocycles. The number of aliphatic hydroxyl groups is 1. The molecular formula is C25H37N5O4SSi. The summed E-state index contributed by atoms with van der Waals surface area (Å²) in [6.07, 6.45) is 6.31. The number of rotatable bonds is 4. The van der Waals surface area contributed by atoms with Crippen molar-refractivity contribution in [1.82, 2.24) is 18.8 Å². The molecule has 1 aliphatic heterocycles. The predicted molar refractivity (Wildman–Crippen MR) is 145 cm³/mol. The Morgan fingerprint density at radius 3 is 2.58 bits per heavy atom. The molecule has 4 rings (SSSR count).